The molecule has 1 fully saturated rings. The van der Waals surface area contributed by atoms with E-state index in [1.807, 2.05) is 64.9 Å². The molecule has 0 radical (unpaired) electrons. The molecular formula is C30H30Cl2N4O3S. The standard InChI is InChI=1S/C30H30Cl2N4O3S/c1-38-27-5-3-4-23(28(27)39-2)18-36(30-34-26(19-40-30)22-10-11-24(31)25(32)16-22)17-20-6-8-21(9-7-20)29(37)35-14-12-33-13-15-35/h3-11,16,19,33H,12-15,17-18H2,1-2H3. The van der Waals surface area contributed by atoms with E-state index in [4.69, 9.17) is 37.7 Å². The van der Waals surface area contributed by atoms with Crippen molar-refractivity contribution in [3.8, 4) is 22.8 Å². The maximum atomic E-state index is 12.9. The number of hydrogen-bond donors (Lipinski definition) is 1. The predicted octanol–water partition coefficient (Wildman–Crippen LogP) is 6.39. The summed E-state index contributed by atoms with van der Waals surface area (Å²) in [6.07, 6.45) is 0. The Hall–Kier alpha value is -3.30. The summed E-state index contributed by atoms with van der Waals surface area (Å²) in [4.78, 5) is 22.0. The molecule has 2 heterocycles. The van der Waals surface area contributed by atoms with Crippen molar-refractivity contribution in [1.82, 2.24) is 15.2 Å². The largest absolute Gasteiger partial charge is 0.493 e. The van der Waals surface area contributed by atoms with Crippen molar-refractivity contribution >= 4 is 45.6 Å². The van der Waals surface area contributed by atoms with E-state index >= 15 is 0 Å². The third-order valence-electron chi connectivity index (χ3n) is 6.80. The van der Waals surface area contributed by atoms with Gasteiger partial charge in [0.2, 0.25) is 0 Å². The lowest BCUT2D eigenvalue weighted by molar-refractivity contribution is 0.0736. The molecule has 208 valence electrons. The molecule has 1 aromatic heterocycles. The van der Waals surface area contributed by atoms with Gasteiger partial charge in [-0.2, -0.15) is 0 Å². The number of para-hydroxylation sites is 1. The van der Waals surface area contributed by atoms with E-state index in [9.17, 15) is 4.79 Å². The van der Waals surface area contributed by atoms with E-state index in [0.717, 1.165) is 53.7 Å². The smallest absolute Gasteiger partial charge is 0.253 e. The summed E-state index contributed by atoms with van der Waals surface area (Å²) < 4.78 is 11.2. The maximum absolute atomic E-state index is 12.9. The van der Waals surface area contributed by atoms with Crippen LogP contribution in [0.2, 0.25) is 10.0 Å². The van der Waals surface area contributed by atoms with Gasteiger partial charge in [0.1, 0.15) is 0 Å². The predicted molar refractivity (Wildman–Crippen MR) is 162 cm³/mol. The number of anilines is 1. The summed E-state index contributed by atoms with van der Waals surface area (Å²) in [6.45, 7) is 4.21. The highest BCUT2D eigenvalue weighted by Gasteiger charge is 2.20. The molecule has 0 unspecified atom stereocenters. The third-order valence-corrected chi connectivity index (χ3v) is 8.44. The number of ether oxygens (including phenoxy) is 2. The van der Waals surface area contributed by atoms with Crippen LogP contribution >= 0.6 is 34.5 Å². The fraction of sp³-hybridized carbons (Fsp3) is 0.267. The topological polar surface area (TPSA) is 66.9 Å². The fourth-order valence-corrected chi connectivity index (χ4v) is 5.83. The Morgan fingerprint density at radius 1 is 1.00 bits per heavy atom. The minimum Gasteiger partial charge on any atom is -0.493 e. The second-order valence-electron chi connectivity index (χ2n) is 9.39. The molecule has 10 heteroatoms. The molecule has 1 N–H and O–H groups in total. The first-order valence-corrected chi connectivity index (χ1v) is 14.5. The van der Waals surface area contributed by atoms with Crippen molar-refractivity contribution < 1.29 is 14.3 Å². The van der Waals surface area contributed by atoms with E-state index in [1.54, 1.807) is 31.6 Å². The molecule has 40 heavy (non-hydrogen) atoms. The number of thiazole rings is 1. The highest BCUT2D eigenvalue weighted by Crippen LogP contribution is 2.36. The first-order valence-electron chi connectivity index (χ1n) is 12.9. The van der Waals surface area contributed by atoms with Crippen molar-refractivity contribution in [2.75, 3.05) is 45.3 Å². The molecule has 5 rings (SSSR count). The number of halogens is 2. The minimum atomic E-state index is 0.0669. The molecule has 0 atom stereocenters. The first kappa shape index (κ1) is 28.2. The number of nitrogens with one attached hydrogen (secondary N) is 1. The van der Waals surface area contributed by atoms with Gasteiger partial charge in [-0.1, -0.05) is 53.5 Å². The Bertz CT molecular complexity index is 1470. The van der Waals surface area contributed by atoms with Crippen LogP contribution in [-0.2, 0) is 13.1 Å². The van der Waals surface area contributed by atoms with Crippen LogP contribution < -0.4 is 19.7 Å². The van der Waals surface area contributed by atoms with Crippen molar-refractivity contribution in [3.63, 3.8) is 0 Å². The Morgan fingerprint density at radius 3 is 2.48 bits per heavy atom. The van der Waals surface area contributed by atoms with E-state index in [2.05, 4.69) is 10.2 Å². The van der Waals surface area contributed by atoms with Crippen molar-refractivity contribution in [2.45, 2.75) is 13.1 Å². The SMILES string of the molecule is COc1cccc(CN(Cc2ccc(C(=O)N3CCNCC3)cc2)c2nc(-c3ccc(Cl)c(Cl)c3)cs2)c1OC. The molecule has 0 bridgehead atoms. The van der Waals surface area contributed by atoms with Gasteiger partial charge in [-0.3, -0.25) is 4.79 Å². The van der Waals surface area contributed by atoms with Crippen molar-refractivity contribution in [3.05, 3.63) is 92.8 Å². The number of methoxy groups -OCH3 is 2. The highest BCUT2D eigenvalue weighted by molar-refractivity contribution is 7.14. The second-order valence-corrected chi connectivity index (χ2v) is 11.0. The molecule has 1 amide bonds. The molecular weight excluding hydrogens is 567 g/mol. The van der Waals surface area contributed by atoms with Gasteiger partial charge in [0, 0.05) is 61.3 Å². The minimum absolute atomic E-state index is 0.0669. The monoisotopic (exact) mass is 596 g/mol. The van der Waals surface area contributed by atoms with Gasteiger partial charge in [-0.05, 0) is 35.9 Å². The van der Waals surface area contributed by atoms with Crippen LogP contribution in [0.25, 0.3) is 11.3 Å². The number of rotatable bonds is 9. The van der Waals surface area contributed by atoms with Gasteiger partial charge in [0.15, 0.2) is 16.6 Å². The Kier molecular flexibility index (Phi) is 9.11. The van der Waals surface area contributed by atoms with E-state index in [0.29, 0.717) is 40.2 Å². The molecule has 1 aliphatic heterocycles. The number of carbonyl (C=O) groups is 1. The summed E-state index contributed by atoms with van der Waals surface area (Å²) in [5, 5.41) is 7.13. The summed E-state index contributed by atoms with van der Waals surface area (Å²) >= 11 is 13.9. The number of hydrogen-bond acceptors (Lipinski definition) is 7. The third kappa shape index (κ3) is 6.36. The fourth-order valence-electron chi connectivity index (χ4n) is 4.70. The molecule has 3 aromatic carbocycles. The van der Waals surface area contributed by atoms with E-state index in [-0.39, 0.29) is 5.91 Å². The Balaban J connectivity index is 1.43. The number of piperazine rings is 1. The normalized spacial score (nSPS) is 13.2. The molecule has 1 aliphatic rings. The molecule has 0 saturated carbocycles. The van der Waals surface area contributed by atoms with Gasteiger partial charge in [0.05, 0.1) is 30.0 Å². The number of carbonyl (C=O) groups excluding carboxylic acids is 1. The van der Waals surface area contributed by atoms with Crippen LogP contribution in [-0.4, -0.2) is 56.2 Å². The molecule has 1 saturated heterocycles. The number of amides is 1. The van der Waals surface area contributed by atoms with Crippen LogP contribution in [0.5, 0.6) is 11.5 Å². The summed E-state index contributed by atoms with van der Waals surface area (Å²) in [6, 6.07) is 19.2. The second kappa shape index (κ2) is 12.9. The average molecular weight is 598 g/mol. The quantitative estimate of drug-likeness (QED) is 0.241. The zero-order valence-corrected chi connectivity index (χ0v) is 24.7. The highest BCUT2D eigenvalue weighted by atomic mass is 35.5. The Morgan fingerprint density at radius 2 is 1.77 bits per heavy atom. The van der Waals surface area contributed by atoms with Crippen LogP contribution in [0.15, 0.2) is 66.0 Å². The zero-order chi connectivity index (χ0) is 28.1. The van der Waals surface area contributed by atoms with Crippen molar-refractivity contribution in [1.29, 1.82) is 0 Å². The summed E-state index contributed by atoms with van der Waals surface area (Å²) in [5.74, 6) is 1.43. The van der Waals surface area contributed by atoms with Gasteiger partial charge in [0.25, 0.3) is 5.91 Å². The number of nitrogens with zero attached hydrogens (tertiary/aromatic N) is 3. The van der Waals surface area contributed by atoms with Crippen LogP contribution in [0.3, 0.4) is 0 Å². The molecule has 4 aromatic rings. The van der Waals surface area contributed by atoms with E-state index in [1.165, 1.54) is 0 Å². The van der Waals surface area contributed by atoms with Gasteiger partial charge in [-0.25, -0.2) is 4.98 Å². The number of benzene rings is 3. The number of aromatic nitrogens is 1. The average Bonchev–Trinajstić information content (AvgIpc) is 3.49. The maximum Gasteiger partial charge on any atom is 0.253 e. The summed E-state index contributed by atoms with van der Waals surface area (Å²) in [5.41, 5.74) is 4.44. The van der Waals surface area contributed by atoms with Crippen LogP contribution in [0.4, 0.5) is 5.13 Å². The van der Waals surface area contributed by atoms with E-state index < -0.39 is 0 Å². The lowest BCUT2D eigenvalue weighted by atomic mass is 10.1. The molecule has 0 spiro atoms. The lowest BCUT2D eigenvalue weighted by Crippen LogP contribution is -2.46. The Labute approximate surface area is 248 Å². The lowest BCUT2D eigenvalue weighted by Gasteiger charge is -2.27. The van der Waals surface area contributed by atoms with Crippen LogP contribution in [0.1, 0.15) is 21.5 Å². The summed E-state index contributed by atoms with van der Waals surface area (Å²) in [7, 11) is 3.28. The van der Waals surface area contributed by atoms with Gasteiger partial charge < -0.3 is 24.6 Å². The van der Waals surface area contributed by atoms with Crippen LogP contribution in [0, 0.1) is 0 Å². The van der Waals surface area contributed by atoms with Crippen molar-refractivity contribution in [2.24, 2.45) is 0 Å². The molecule has 0 aliphatic carbocycles. The van der Waals surface area contributed by atoms with Gasteiger partial charge in [-0.15, -0.1) is 11.3 Å². The van der Waals surface area contributed by atoms with Gasteiger partial charge >= 0.3 is 0 Å². The molecule has 7 nitrogen and oxygen atoms in total. The first-order chi connectivity index (χ1) is 19.5. The zero-order valence-electron chi connectivity index (χ0n) is 22.3.